The molecule has 37 heavy (non-hydrogen) atoms. The number of nitrogens with zero attached hydrogens (tertiary/aromatic N) is 4. The zero-order valence-corrected chi connectivity index (χ0v) is 22.7. The van der Waals surface area contributed by atoms with Gasteiger partial charge in [-0.05, 0) is 54.4 Å². The highest BCUT2D eigenvalue weighted by atomic mass is 79.9. The molecule has 0 spiro atoms. The summed E-state index contributed by atoms with van der Waals surface area (Å²) in [6.07, 6.45) is 1.60. The van der Waals surface area contributed by atoms with Gasteiger partial charge in [-0.2, -0.15) is 5.10 Å². The number of carbonyl (C=O) groups is 1. The summed E-state index contributed by atoms with van der Waals surface area (Å²) in [6.45, 7) is 7.03. The van der Waals surface area contributed by atoms with Gasteiger partial charge < -0.3 is 4.74 Å². The van der Waals surface area contributed by atoms with E-state index in [0.29, 0.717) is 18.3 Å². The fraction of sp³-hybridized carbons (Fsp3) is 0.143. The van der Waals surface area contributed by atoms with E-state index in [1.165, 1.54) is 11.8 Å². The van der Waals surface area contributed by atoms with Crippen molar-refractivity contribution < 1.29 is 9.53 Å². The van der Waals surface area contributed by atoms with Gasteiger partial charge in [0.25, 0.3) is 5.91 Å². The molecule has 9 heteroatoms. The van der Waals surface area contributed by atoms with E-state index in [9.17, 15) is 4.79 Å². The molecular formula is C28H26BrN5O2S. The van der Waals surface area contributed by atoms with Crippen LogP contribution in [0.15, 0.2) is 106 Å². The molecule has 0 unspecified atom stereocenters. The Balaban J connectivity index is 1.29. The van der Waals surface area contributed by atoms with Crippen LogP contribution in [-0.2, 0) is 17.9 Å². The van der Waals surface area contributed by atoms with Gasteiger partial charge in [0, 0.05) is 16.6 Å². The number of hydrogen-bond donors (Lipinski definition) is 1. The summed E-state index contributed by atoms with van der Waals surface area (Å²) in [5.41, 5.74) is 6.42. The topological polar surface area (TPSA) is 81.4 Å². The minimum Gasteiger partial charge on any atom is -0.489 e. The zero-order chi connectivity index (χ0) is 26.0. The summed E-state index contributed by atoms with van der Waals surface area (Å²) >= 11 is 4.76. The Morgan fingerprint density at radius 2 is 1.81 bits per heavy atom. The smallest absolute Gasteiger partial charge is 0.250 e. The summed E-state index contributed by atoms with van der Waals surface area (Å²) in [5, 5.41) is 13.4. The maximum absolute atomic E-state index is 12.4. The van der Waals surface area contributed by atoms with E-state index in [1.807, 2.05) is 90.4 Å². The number of aromatic nitrogens is 3. The quantitative estimate of drug-likeness (QED) is 0.101. The first-order valence-electron chi connectivity index (χ1n) is 11.5. The van der Waals surface area contributed by atoms with Crippen LogP contribution in [0.25, 0.3) is 11.4 Å². The second-order valence-electron chi connectivity index (χ2n) is 8.28. The lowest BCUT2D eigenvalue weighted by Gasteiger charge is -2.10. The molecule has 1 N–H and O–H groups in total. The van der Waals surface area contributed by atoms with Crippen molar-refractivity contribution in [3.8, 4) is 17.1 Å². The molecule has 0 atom stereocenters. The number of ether oxygens (including phenoxy) is 1. The van der Waals surface area contributed by atoms with Crippen LogP contribution in [-0.4, -0.2) is 32.6 Å². The number of rotatable bonds is 11. The molecule has 188 valence electrons. The van der Waals surface area contributed by atoms with Crippen molar-refractivity contribution >= 4 is 39.8 Å². The zero-order valence-electron chi connectivity index (χ0n) is 20.3. The number of amides is 1. The summed E-state index contributed by atoms with van der Waals surface area (Å²) in [5.74, 6) is 1.41. The van der Waals surface area contributed by atoms with Crippen LogP contribution in [0.2, 0.25) is 0 Å². The molecule has 0 saturated heterocycles. The molecule has 0 aliphatic rings. The first-order valence-corrected chi connectivity index (χ1v) is 13.3. The van der Waals surface area contributed by atoms with Gasteiger partial charge in [0.1, 0.15) is 12.4 Å². The fourth-order valence-electron chi connectivity index (χ4n) is 3.35. The van der Waals surface area contributed by atoms with Crippen molar-refractivity contribution in [3.63, 3.8) is 0 Å². The Hall–Kier alpha value is -3.69. The molecule has 1 heterocycles. The molecule has 1 aromatic heterocycles. The van der Waals surface area contributed by atoms with E-state index in [2.05, 4.69) is 43.2 Å². The molecule has 3 aromatic carbocycles. The van der Waals surface area contributed by atoms with Gasteiger partial charge in [-0.15, -0.1) is 10.2 Å². The number of allylic oxidation sites excluding steroid dienone is 1. The largest absolute Gasteiger partial charge is 0.489 e. The standard InChI is InChI=1S/C28H26BrN5O2S/c1-20(2)17-34-27(23-10-12-24(29)13-11-23)32-33-28(34)37-19-26(35)31-30-16-21-8-14-25(15-9-21)36-18-22-6-4-3-5-7-22/h3-16H,1,17-19H2,2H3,(H,31,35)/b30-16-. The first kappa shape index (κ1) is 26.4. The summed E-state index contributed by atoms with van der Waals surface area (Å²) < 4.78 is 8.75. The maximum atomic E-state index is 12.4. The van der Waals surface area contributed by atoms with E-state index in [1.54, 1.807) is 6.21 Å². The lowest BCUT2D eigenvalue weighted by atomic mass is 10.2. The molecule has 4 aromatic rings. The van der Waals surface area contributed by atoms with Gasteiger partial charge in [0.2, 0.25) is 0 Å². The van der Waals surface area contributed by atoms with Crippen molar-refractivity contribution in [2.24, 2.45) is 5.10 Å². The number of carbonyl (C=O) groups excluding carboxylic acids is 1. The molecular weight excluding hydrogens is 550 g/mol. The molecule has 0 aliphatic carbocycles. The van der Waals surface area contributed by atoms with Gasteiger partial charge in [-0.1, -0.05) is 82.3 Å². The molecule has 0 radical (unpaired) electrons. The predicted octanol–water partition coefficient (Wildman–Crippen LogP) is 6.11. The molecule has 4 rings (SSSR count). The number of thioether (sulfide) groups is 1. The summed E-state index contributed by atoms with van der Waals surface area (Å²) in [6, 6.07) is 25.4. The average Bonchev–Trinajstić information content (AvgIpc) is 3.29. The van der Waals surface area contributed by atoms with Crippen LogP contribution in [0, 0.1) is 0 Å². The Morgan fingerprint density at radius 3 is 2.51 bits per heavy atom. The number of halogens is 1. The Morgan fingerprint density at radius 1 is 1.08 bits per heavy atom. The third-order valence-corrected chi connectivity index (χ3v) is 6.61. The van der Waals surface area contributed by atoms with Crippen LogP contribution in [0.5, 0.6) is 5.75 Å². The highest BCUT2D eigenvalue weighted by Gasteiger charge is 2.15. The maximum Gasteiger partial charge on any atom is 0.250 e. The van der Waals surface area contributed by atoms with Crippen molar-refractivity contribution in [3.05, 3.63) is 107 Å². The molecule has 0 aliphatic heterocycles. The van der Waals surface area contributed by atoms with Crippen molar-refractivity contribution in [2.45, 2.75) is 25.2 Å². The number of nitrogens with one attached hydrogen (secondary N) is 1. The van der Waals surface area contributed by atoms with Crippen LogP contribution in [0.1, 0.15) is 18.1 Å². The number of hydrogen-bond acceptors (Lipinski definition) is 6. The van der Waals surface area contributed by atoms with Crippen molar-refractivity contribution in [1.82, 2.24) is 20.2 Å². The Bertz CT molecular complexity index is 1370. The SMILES string of the molecule is C=C(C)Cn1c(SCC(=O)N/N=C\c2ccc(OCc3ccccc3)cc2)nnc1-c1ccc(Br)cc1. The fourth-order valence-corrected chi connectivity index (χ4v) is 4.35. The lowest BCUT2D eigenvalue weighted by molar-refractivity contribution is -0.118. The van der Waals surface area contributed by atoms with Crippen LogP contribution < -0.4 is 10.2 Å². The van der Waals surface area contributed by atoms with Gasteiger partial charge in [-0.3, -0.25) is 9.36 Å². The van der Waals surface area contributed by atoms with E-state index >= 15 is 0 Å². The minimum atomic E-state index is -0.237. The predicted molar refractivity (Wildman–Crippen MR) is 152 cm³/mol. The van der Waals surface area contributed by atoms with Gasteiger partial charge in [0.05, 0.1) is 12.0 Å². The molecule has 0 bridgehead atoms. The lowest BCUT2D eigenvalue weighted by Crippen LogP contribution is -2.20. The molecule has 7 nitrogen and oxygen atoms in total. The monoisotopic (exact) mass is 575 g/mol. The van der Waals surface area contributed by atoms with Crippen molar-refractivity contribution in [2.75, 3.05) is 5.75 Å². The second-order valence-corrected chi connectivity index (χ2v) is 10.1. The highest BCUT2D eigenvalue weighted by Crippen LogP contribution is 2.26. The van der Waals surface area contributed by atoms with E-state index in [4.69, 9.17) is 4.74 Å². The molecule has 1 amide bonds. The van der Waals surface area contributed by atoms with Gasteiger partial charge in [0.15, 0.2) is 11.0 Å². The third kappa shape index (κ3) is 7.90. The van der Waals surface area contributed by atoms with Crippen LogP contribution >= 0.6 is 27.7 Å². The normalized spacial score (nSPS) is 11.0. The summed E-state index contributed by atoms with van der Waals surface area (Å²) in [4.78, 5) is 12.4. The summed E-state index contributed by atoms with van der Waals surface area (Å²) in [7, 11) is 0. The van der Waals surface area contributed by atoms with Gasteiger partial charge in [-0.25, -0.2) is 5.43 Å². The minimum absolute atomic E-state index is 0.151. The Labute approximate surface area is 228 Å². The van der Waals surface area contributed by atoms with E-state index in [0.717, 1.165) is 38.3 Å². The van der Waals surface area contributed by atoms with Crippen molar-refractivity contribution in [1.29, 1.82) is 0 Å². The highest BCUT2D eigenvalue weighted by molar-refractivity contribution is 9.10. The molecule has 0 saturated carbocycles. The first-order chi connectivity index (χ1) is 18.0. The second kappa shape index (κ2) is 13.0. The number of hydrazone groups is 1. The van der Waals surface area contributed by atoms with Crippen LogP contribution in [0.3, 0.4) is 0 Å². The molecule has 0 fully saturated rings. The number of benzene rings is 3. The Kier molecular flexibility index (Phi) is 9.29. The van der Waals surface area contributed by atoms with E-state index < -0.39 is 0 Å². The average molecular weight is 577 g/mol. The van der Waals surface area contributed by atoms with Gasteiger partial charge >= 0.3 is 0 Å². The van der Waals surface area contributed by atoms with E-state index in [-0.39, 0.29) is 11.7 Å². The van der Waals surface area contributed by atoms with Crippen LogP contribution in [0.4, 0.5) is 0 Å². The third-order valence-electron chi connectivity index (χ3n) is 5.11.